The number of unbranched alkanes of at least 4 members (excludes halogenated alkanes) is 5. The summed E-state index contributed by atoms with van der Waals surface area (Å²) >= 11 is 0. The predicted octanol–water partition coefficient (Wildman–Crippen LogP) is 8.44. The molecule has 0 spiro atoms. The van der Waals surface area contributed by atoms with Gasteiger partial charge in [-0.05, 0) is 61.6 Å². The lowest BCUT2D eigenvalue weighted by Gasteiger charge is -2.18. The van der Waals surface area contributed by atoms with Gasteiger partial charge in [0.05, 0.1) is 6.61 Å². The summed E-state index contributed by atoms with van der Waals surface area (Å²) in [6.45, 7) is 14.6. The molecule has 0 saturated heterocycles. The van der Waals surface area contributed by atoms with Crippen LogP contribution in [-0.4, -0.2) is 6.61 Å². The molecule has 1 aromatic rings. The quantitative estimate of drug-likeness (QED) is 0.280. The highest BCUT2D eigenvalue weighted by molar-refractivity contribution is 5.45. The largest absolute Gasteiger partial charge is 0.493 e. The molecule has 0 amide bonds. The topological polar surface area (TPSA) is 9.23 Å². The highest BCUT2D eigenvalue weighted by atomic mass is 16.5. The van der Waals surface area contributed by atoms with Crippen LogP contribution in [0, 0.1) is 25.7 Å². The van der Waals surface area contributed by atoms with Crippen LogP contribution in [0.3, 0.4) is 0 Å². The van der Waals surface area contributed by atoms with Gasteiger partial charge >= 0.3 is 0 Å². The summed E-state index contributed by atoms with van der Waals surface area (Å²) in [5.41, 5.74) is 4.10. The molecule has 1 heteroatoms. The lowest BCUT2D eigenvalue weighted by molar-refractivity contribution is 0.298. The molecule has 1 atom stereocenters. The van der Waals surface area contributed by atoms with Crippen molar-refractivity contribution in [2.75, 3.05) is 6.61 Å². The van der Waals surface area contributed by atoms with Crippen LogP contribution in [0.1, 0.15) is 109 Å². The Labute approximate surface area is 170 Å². The summed E-state index contributed by atoms with van der Waals surface area (Å²) in [7, 11) is 0. The molecule has 1 nitrogen and oxygen atoms in total. The number of hydrogen-bond donors (Lipinski definition) is 0. The molecule has 0 N–H and O–H groups in total. The fraction of sp³-hybridized carbons (Fsp3) is 0.769. The van der Waals surface area contributed by atoms with Crippen molar-refractivity contribution in [1.82, 2.24) is 0 Å². The van der Waals surface area contributed by atoms with Gasteiger partial charge in [0.2, 0.25) is 0 Å². The number of aryl methyl sites for hydroxylation is 2. The molecule has 0 bridgehead atoms. The average molecular weight is 375 g/mol. The van der Waals surface area contributed by atoms with E-state index >= 15 is 0 Å². The summed E-state index contributed by atoms with van der Waals surface area (Å²) < 4.78 is 6.30. The van der Waals surface area contributed by atoms with Gasteiger partial charge in [-0.25, -0.2) is 0 Å². The van der Waals surface area contributed by atoms with E-state index in [0.717, 1.165) is 24.9 Å². The molecule has 0 aliphatic rings. The maximum atomic E-state index is 6.30. The van der Waals surface area contributed by atoms with Gasteiger partial charge in [0, 0.05) is 0 Å². The zero-order valence-electron chi connectivity index (χ0n) is 19.2. The number of hydrogen-bond acceptors (Lipinski definition) is 1. The Kier molecular flexibility index (Phi) is 12.5. The number of ether oxygens (including phenoxy) is 1. The van der Waals surface area contributed by atoms with Crippen LogP contribution in [-0.2, 0) is 6.42 Å². The van der Waals surface area contributed by atoms with E-state index in [-0.39, 0.29) is 0 Å². The van der Waals surface area contributed by atoms with Gasteiger partial charge in [0.25, 0.3) is 0 Å². The fourth-order valence-electron chi connectivity index (χ4n) is 3.72. The molecule has 1 unspecified atom stereocenters. The van der Waals surface area contributed by atoms with Crippen molar-refractivity contribution in [3.63, 3.8) is 0 Å². The van der Waals surface area contributed by atoms with Gasteiger partial charge in [0.15, 0.2) is 0 Å². The first kappa shape index (κ1) is 24.1. The van der Waals surface area contributed by atoms with Gasteiger partial charge in [-0.3, -0.25) is 0 Å². The zero-order valence-corrected chi connectivity index (χ0v) is 19.2. The van der Waals surface area contributed by atoms with Crippen molar-refractivity contribution in [2.24, 2.45) is 11.8 Å². The van der Waals surface area contributed by atoms with Crippen molar-refractivity contribution >= 4 is 0 Å². The summed E-state index contributed by atoms with van der Waals surface area (Å²) in [5.74, 6) is 2.81. The Morgan fingerprint density at radius 2 is 1.52 bits per heavy atom. The number of benzene rings is 1. The lowest BCUT2D eigenvalue weighted by Crippen LogP contribution is -2.05. The van der Waals surface area contributed by atoms with Crippen LogP contribution in [0.4, 0.5) is 0 Å². The SMILES string of the molecule is CCCCCCCCOc1c(CCC(C)CCCC(C)C)ccc(C)c1C. The second-order valence-electron chi connectivity index (χ2n) is 9.08. The van der Waals surface area contributed by atoms with Crippen LogP contribution in [0.25, 0.3) is 0 Å². The molecule has 1 rings (SSSR count). The highest BCUT2D eigenvalue weighted by Gasteiger charge is 2.11. The Morgan fingerprint density at radius 3 is 2.22 bits per heavy atom. The highest BCUT2D eigenvalue weighted by Crippen LogP contribution is 2.29. The Morgan fingerprint density at radius 1 is 0.815 bits per heavy atom. The minimum atomic E-state index is 0.803. The monoisotopic (exact) mass is 374 g/mol. The molecule has 0 fully saturated rings. The fourth-order valence-corrected chi connectivity index (χ4v) is 3.72. The van der Waals surface area contributed by atoms with Gasteiger partial charge in [-0.15, -0.1) is 0 Å². The third-order valence-electron chi connectivity index (χ3n) is 5.89. The smallest absolute Gasteiger partial charge is 0.125 e. The standard InChI is InChI=1S/C26H46O/c1-7-8-9-10-11-12-20-27-26-24(6)23(5)17-19-25(26)18-16-22(4)15-13-14-21(2)3/h17,19,21-22H,7-16,18,20H2,1-6H3. The maximum Gasteiger partial charge on any atom is 0.125 e. The second kappa shape index (κ2) is 14.1. The van der Waals surface area contributed by atoms with Gasteiger partial charge in [-0.2, -0.15) is 0 Å². The van der Waals surface area contributed by atoms with E-state index in [4.69, 9.17) is 4.74 Å². The molecule has 27 heavy (non-hydrogen) atoms. The normalized spacial score (nSPS) is 12.6. The Bertz CT molecular complexity index is 503. The zero-order chi connectivity index (χ0) is 20.1. The molecular formula is C26H46O. The third kappa shape index (κ3) is 10.2. The molecule has 1 aromatic carbocycles. The van der Waals surface area contributed by atoms with E-state index in [9.17, 15) is 0 Å². The number of rotatable bonds is 15. The summed E-state index contributed by atoms with van der Waals surface area (Å²) in [5, 5.41) is 0. The van der Waals surface area contributed by atoms with Gasteiger partial charge in [0.1, 0.15) is 5.75 Å². The summed E-state index contributed by atoms with van der Waals surface area (Å²) in [6, 6.07) is 4.57. The minimum Gasteiger partial charge on any atom is -0.493 e. The van der Waals surface area contributed by atoms with Crippen molar-refractivity contribution in [2.45, 2.75) is 112 Å². The van der Waals surface area contributed by atoms with Gasteiger partial charge < -0.3 is 4.74 Å². The van der Waals surface area contributed by atoms with E-state index in [0.29, 0.717) is 0 Å². The van der Waals surface area contributed by atoms with E-state index < -0.39 is 0 Å². The van der Waals surface area contributed by atoms with Crippen LogP contribution in [0.5, 0.6) is 5.75 Å². The van der Waals surface area contributed by atoms with E-state index in [2.05, 4.69) is 53.7 Å². The second-order valence-corrected chi connectivity index (χ2v) is 9.08. The van der Waals surface area contributed by atoms with E-state index in [1.807, 2.05) is 0 Å². The molecule has 0 heterocycles. The molecule has 0 radical (unpaired) electrons. The van der Waals surface area contributed by atoms with Crippen LogP contribution in [0.15, 0.2) is 12.1 Å². The first-order valence-corrected chi connectivity index (χ1v) is 11.7. The lowest BCUT2D eigenvalue weighted by atomic mass is 9.93. The van der Waals surface area contributed by atoms with E-state index in [1.165, 1.54) is 86.6 Å². The molecule has 0 aromatic heterocycles. The van der Waals surface area contributed by atoms with Crippen LogP contribution >= 0.6 is 0 Å². The van der Waals surface area contributed by atoms with Crippen molar-refractivity contribution in [3.05, 3.63) is 28.8 Å². The van der Waals surface area contributed by atoms with Crippen molar-refractivity contribution < 1.29 is 4.74 Å². The first-order chi connectivity index (χ1) is 13.0. The Hall–Kier alpha value is -0.980. The predicted molar refractivity (Wildman–Crippen MR) is 121 cm³/mol. The Balaban J connectivity index is 2.48. The molecule has 0 aliphatic carbocycles. The molecule has 0 saturated carbocycles. The summed E-state index contributed by atoms with van der Waals surface area (Å²) in [6.07, 6.45) is 14.4. The van der Waals surface area contributed by atoms with Crippen LogP contribution in [0.2, 0.25) is 0 Å². The van der Waals surface area contributed by atoms with Crippen molar-refractivity contribution in [3.8, 4) is 5.75 Å². The first-order valence-electron chi connectivity index (χ1n) is 11.7. The average Bonchev–Trinajstić information content (AvgIpc) is 2.63. The molecular weight excluding hydrogens is 328 g/mol. The maximum absolute atomic E-state index is 6.30. The third-order valence-corrected chi connectivity index (χ3v) is 5.89. The summed E-state index contributed by atoms with van der Waals surface area (Å²) in [4.78, 5) is 0. The molecule has 0 aliphatic heterocycles. The van der Waals surface area contributed by atoms with E-state index in [1.54, 1.807) is 0 Å². The molecule has 156 valence electrons. The van der Waals surface area contributed by atoms with Gasteiger partial charge in [-0.1, -0.05) is 91.2 Å². The van der Waals surface area contributed by atoms with Crippen molar-refractivity contribution in [1.29, 1.82) is 0 Å². The van der Waals surface area contributed by atoms with Crippen LogP contribution < -0.4 is 4.74 Å². The minimum absolute atomic E-state index is 0.803.